The first-order valence-corrected chi connectivity index (χ1v) is 6.34. The maximum absolute atomic E-state index is 12.4. The van der Waals surface area contributed by atoms with Gasteiger partial charge in [0.25, 0.3) is 6.43 Å². The molecule has 0 radical (unpaired) electrons. The lowest BCUT2D eigenvalue weighted by atomic mass is 10.1. The van der Waals surface area contributed by atoms with Gasteiger partial charge in [0.15, 0.2) is 0 Å². The Hall–Kier alpha value is -1.00. The molecule has 0 aromatic heterocycles. The molecule has 2 rings (SSSR count). The number of hydrogen-bond acceptors (Lipinski definition) is 2. The van der Waals surface area contributed by atoms with Crippen molar-refractivity contribution in [2.24, 2.45) is 0 Å². The highest BCUT2D eigenvalue weighted by Crippen LogP contribution is 2.22. The number of rotatable bonds is 5. The van der Waals surface area contributed by atoms with Crippen LogP contribution >= 0.6 is 0 Å². The zero-order valence-electron chi connectivity index (χ0n) is 10.5. The minimum atomic E-state index is -2.39. The van der Waals surface area contributed by atoms with Gasteiger partial charge in [-0.15, -0.1) is 0 Å². The molecule has 0 aliphatic heterocycles. The third-order valence-electron chi connectivity index (χ3n) is 3.56. The van der Waals surface area contributed by atoms with Gasteiger partial charge in [0.1, 0.15) is 0 Å². The molecule has 2 nitrogen and oxygen atoms in total. The van der Waals surface area contributed by atoms with Gasteiger partial charge in [0.05, 0.1) is 6.10 Å². The second-order valence-corrected chi connectivity index (χ2v) is 4.73. The fourth-order valence-corrected chi connectivity index (χ4v) is 2.47. The molecule has 1 aromatic carbocycles. The van der Waals surface area contributed by atoms with E-state index < -0.39 is 6.43 Å². The second-order valence-electron chi connectivity index (χ2n) is 4.73. The van der Waals surface area contributed by atoms with Gasteiger partial charge in [-0.3, -0.25) is 0 Å². The first-order valence-electron chi connectivity index (χ1n) is 6.34. The third kappa shape index (κ3) is 3.27. The predicted molar refractivity (Wildman–Crippen MR) is 66.7 cm³/mol. The monoisotopic (exact) mass is 255 g/mol. The summed E-state index contributed by atoms with van der Waals surface area (Å²) >= 11 is 0. The molecule has 1 aliphatic rings. The molecule has 100 valence electrons. The van der Waals surface area contributed by atoms with Gasteiger partial charge in [0, 0.05) is 25.3 Å². The lowest BCUT2D eigenvalue weighted by molar-refractivity contribution is 0.0847. The predicted octanol–water partition coefficient (Wildman–Crippen LogP) is 3.28. The van der Waals surface area contributed by atoms with Crippen LogP contribution in [0.2, 0.25) is 0 Å². The van der Waals surface area contributed by atoms with Gasteiger partial charge < -0.3 is 10.1 Å². The van der Waals surface area contributed by atoms with Crippen molar-refractivity contribution >= 4 is 0 Å². The van der Waals surface area contributed by atoms with Gasteiger partial charge in [-0.1, -0.05) is 24.3 Å². The molecule has 1 N–H and O–H groups in total. The molecule has 0 saturated heterocycles. The number of methoxy groups -OCH3 is 1. The van der Waals surface area contributed by atoms with Gasteiger partial charge in [0.2, 0.25) is 0 Å². The van der Waals surface area contributed by atoms with Gasteiger partial charge in [-0.05, 0) is 24.8 Å². The molecular formula is C14H19F2NO. The summed E-state index contributed by atoms with van der Waals surface area (Å²) in [7, 11) is 1.74. The van der Waals surface area contributed by atoms with Crippen LogP contribution in [0.4, 0.5) is 8.78 Å². The summed E-state index contributed by atoms with van der Waals surface area (Å²) in [5.41, 5.74) is 1.11. The SMILES string of the molecule is COC1CCCC1NCc1ccc(C(F)F)cc1. The maximum atomic E-state index is 12.4. The van der Waals surface area contributed by atoms with Gasteiger partial charge in [-0.2, -0.15) is 0 Å². The summed E-state index contributed by atoms with van der Waals surface area (Å²) in [6.07, 6.45) is 1.29. The molecule has 2 atom stereocenters. The average molecular weight is 255 g/mol. The van der Waals surface area contributed by atoms with E-state index in [1.54, 1.807) is 19.2 Å². The molecule has 0 bridgehead atoms. The Bertz CT molecular complexity index is 367. The Kier molecular flexibility index (Phi) is 4.66. The number of benzene rings is 1. The fraction of sp³-hybridized carbons (Fsp3) is 0.571. The van der Waals surface area contributed by atoms with Crippen molar-refractivity contribution in [3.05, 3.63) is 35.4 Å². The van der Waals surface area contributed by atoms with Crippen molar-refractivity contribution in [2.45, 2.75) is 44.4 Å². The van der Waals surface area contributed by atoms with E-state index in [0.29, 0.717) is 12.6 Å². The maximum Gasteiger partial charge on any atom is 0.263 e. The second kappa shape index (κ2) is 6.25. The van der Waals surface area contributed by atoms with E-state index >= 15 is 0 Å². The van der Waals surface area contributed by atoms with Crippen LogP contribution in [-0.4, -0.2) is 19.3 Å². The Morgan fingerprint density at radius 3 is 2.61 bits per heavy atom. The summed E-state index contributed by atoms with van der Waals surface area (Å²) in [5, 5.41) is 3.44. The average Bonchev–Trinajstić information content (AvgIpc) is 2.84. The number of halogens is 2. The Morgan fingerprint density at radius 1 is 1.28 bits per heavy atom. The highest BCUT2D eigenvalue weighted by Gasteiger charge is 2.26. The molecule has 0 heterocycles. The molecule has 0 spiro atoms. The van der Waals surface area contributed by atoms with Crippen molar-refractivity contribution in [2.75, 3.05) is 7.11 Å². The number of alkyl halides is 2. The Morgan fingerprint density at radius 2 is 2.00 bits per heavy atom. The van der Waals surface area contributed by atoms with Crippen LogP contribution in [-0.2, 0) is 11.3 Å². The molecule has 1 fully saturated rings. The quantitative estimate of drug-likeness (QED) is 0.871. The van der Waals surface area contributed by atoms with Gasteiger partial charge >= 0.3 is 0 Å². The lowest BCUT2D eigenvalue weighted by Crippen LogP contribution is -2.36. The molecule has 1 aromatic rings. The van der Waals surface area contributed by atoms with Gasteiger partial charge in [-0.25, -0.2) is 8.78 Å². The molecule has 18 heavy (non-hydrogen) atoms. The van der Waals surface area contributed by atoms with E-state index in [2.05, 4.69) is 5.32 Å². The Labute approximate surface area is 106 Å². The number of nitrogens with one attached hydrogen (secondary N) is 1. The molecular weight excluding hydrogens is 236 g/mol. The molecule has 1 aliphatic carbocycles. The van der Waals surface area contributed by atoms with E-state index in [1.807, 2.05) is 0 Å². The van der Waals surface area contributed by atoms with Crippen LogP contribution in [0.25, 0.3) is 0 Å². The number of hydrogen-bond donors (Lipinski definition) is 1. The largest absolute Gasteiger partial charge is 0.380 e. The third-order valence-corrected chi connectivity index (χ3v) is 3.56. The zero-order valence-corrected chi connectivity index (χ0v) is 10.5. The number of ether oxygens (including phenoxy) is 1. The summed E-state index contributed by atoms with van der Waals surface area (Å²) in [4.78, 5) is 0. The van der Waals surface area contributed by atoms with Crippen LogP contribution in [0.1, 0.15) is 36.8 Å². The van der Waals surface area contributed by atoms with E-state index in [1.165, 1.54) is 18.6 Å². The van der Waals surface area contributed by atoms with Crippen molar-refractivity contribution in [3.63, 3.8) is 0 Å². The smallest absolute Gasteiger partial charge is 0.263 e. The normalized spacial score (nSPS) is 23.8. The minimum Gasteiger partial charge on any atom is -0.380 e. The van der Waals surface area contributed by atoms with E-state index in [-0.39, 0.29) is 11.7 Å². The molecule has 4 heteroatoms. The van der Waals surface area contributed by atoms with Crippen LogP contribution in [0, 0.1) is 0 Å². The summed E-state index contributed by atoms with van der Waals surface area (Å²) in [6, 6.07) is 6.87. The van der Waals surface area contributed by atoms with Crippen molar-refractivity contribution < 1.29 is 13.5 Å². The fourth-order valence-electron chi connectivity index (χ4n) is 2.47. The lowest BCUT2D eigenvalue weighted by Gasteiger charge is -2.19. The highest BCUT2D eigenvalue weighted by molar-refractivity contribution is 5.23. The van der Waals surface area contributed by atoms with Crippen LogP contribution in [0.5, 0.6) is 0 Å². The highest BCUT2D eigenvalue weighted by atomic mass is 19.3. The van der Waals surface area contributed by atoms with E-state index in [4.69, 9.17) is 4.74 Å². The topological polar surface area (TPSA) is 21.3 Å². The first-order chi connectivity index (χ1) is 8.70. The zero-order chi connectivity index (χ0) is 13.0. The van der Waals surface area contributed by atoms with Crippen LogP contribution in [0.15, 0.2) is 24.3 Å². The molecule has 0 amide bonds. The van der Waals surface area contributed by atoms with E-state index in [0.717, 1.165) is 18.4 Å². The minimum absolute atomic E-state index is 0.0781. The summed E-state index contributed by atoms with van der Waals surface area (Å²) in [5.74, 6) is 0. The molecule has 1 saturated carbocycles. The first kappa shape index (κ1) is 13.4. The molecule has 2 unspecified atom stereocenters. The van der Waals surface area contributed by atoms with Crippen molar-refractivity contribution in [3.8, 4) is 0 Å². The van der Waals surface area contributed by atoms with Crippen LogP contribution in [0.3, 0.4) is 0 Å². The van der Waals surface area contributed by atoms with Crippen molar-refractivity contribution in [1.29, 1.82) is 0 Å². The summed E-state index contributed by atoms with van der Waals surface area (Å²) < 4.78 is 30.2. The Balaban J connectivity index is 1.86. The van der Waals surface area contributed by atoms with Crippen LogP contribution < -0.4 is 5.32 Å². The summed E-state index contributed by atoms with van der Waals surface area (Å²) in [6.45, 7) is 0.702. The van der Waals surface area contributed by atoms with E-state index in [9.17, 15) is 8.78 Å². The standard InChI is InChI=1S/C14H19F2NO/c1-18-13-4-2-3-12(13)17-9-10-5-7-11(8-6-10)14(15)16/h5-8,12-14,17H,2-4,9H2,1H3. The van der Waals surface area contributed by atoms with Crippen molar-refractivity contribution in [1.82, 2.24) is 5.32 Å².